The molecule has 5 nitrogen and oxygen atoms in total. The predicted octanol–water partition coefficient (Wildman–Crippen LogP) is 3.39. The molecule has 28 heavy (non-hydrogen) atoms. The Balaban J connectivity index is 1.49. The van der Waals surface area contributed by atoms with Crippen molar-refractivity contribution in [2.45, 2.75) is 32.9 Å². The van der Waals surface area contributed by atoms with Gasteiger partial charge in [0.05, 0.1) is 0 Å². The van der Waals surface area contributed by atoms with Gasteiger partial charge in [-0.25, -0.2) is 4.39 Å². The van der Waals surface area contributed by atoms with Gasteiger partial charge in [-0.05, 0) is 44.2 Å². The Morgan fingerprint density at radius 1 is 1.21 bits per heavy atom. The maximum Gasteiger partial charge on any atom is 0.251 e. The lowest BCUT2D eigenvalue weighted by Gasteiger charge is -2.21. The van der Waals surface area contributed by atoms with E-state index >= 15 is 0 Å². The Hall–Kier alpha value is -2.89. The summed E-state index contributed by atoms with van der Waals surface area (Å²) in [5.74, 6) is 0.359. The highest BCUT2D eigenvalue weighted by Gasteiger charge is 2.31. The molecule has 1 saturated heterocycles. The second kappa shape index (κ2) is 8.87. The van der Waals surface area contributed by atoms with Crippen LogP contribution in [0, 0.1) is 11.7 Å². The first-order valence-electron chi connectivity index (χ1n) is 9.48. The molecule has 2 aromatic rings. The van der Waals surface area contributed by atoms with Gasteiger partial charge in [0.25, 0.3) is 5.91 Å². The molecule has 0 saturated carbocycles. The number of rotatable bonds is 7. The van der Waals surface area contributed by atoms with Crippen molar-refractivity contribution >= 4 is 11.8 Å². The fraction of sp³-hybridized carbons (Fsp3) is 0.364. The van der Waals surface area contributed by atoms with Gasteiger partial charge >= 0.3 is 0 Å². The second-order valence-electron chi connectivity index (χ2n) is 7.32. The molecule has 0 spiro atoms. The van der Waals surface area contributed by atoms with E-state index in [-0.39, 0.29) is 36.2 Å². The van der Waals surface area contributed by atoms with E-state index in [9.17, 15) is 14.0 Å². The molecule has 1 atom stereocenters. The summed E-state index contributed by atoms with van der Waals surface area (Å²) in [7, 11) is 0. The first kappa shape index (κ1) is 19.9. The number of ether oxygens (including phenoxy) is 1. The summed E-state index contributed by atoms with van der Waals surface area (Å²) in [6.45, 7) is 5.27. The number of likely N-dealkylation sites (tertiary alicyclic amines) is 1. The van der Waals surface area contributed by atoms with Crippen molar-refractivity contribution in [1.82, 2.24) is 10.2 Å². The largest absolute Gasteiger partial charge is 0.489 e. The van der Waals surface area contributed by atoms with Crippen molar-refractivity contribution in [1.29, 1.82) is 0 Å². The molecule has 1 aliphatic rings. The van der Waals surface area contributed by atoms with Crippen LogP contribution < -0.4 is 10.1 Å². The number of nitrogens with one attached hydrogen (secondary N) is 1. The molecule has 148 valence electrons. The van der Waals surface area contributed by atoms with Crippen LogP contribution in [0.5, 0.6) is 5.75 Å². The lowest BCUT2D eigenvalue weighted by molar-refractivity contribution is -0.129. The fourth-order valence-electron chi connectivity index (χ4n) is 3.26. The standard InChI is InChI=1S/C22H25FN2O3/c1-15(2)25-13-16(11-21(25)26)12-24-22(27)17-7-9-19(10-8-17)28-14-18-5-3-4-6-20(18)23/h3-10,15-16H,11-14H2,1-2H3,(H,24,27)/t16-/m0/s1. The van der Waals surface area contributed by atoms with Gasteiger partial charge in [0.15, 0.2) is 0 Å². The molecule has 2 aromatic carbocycles. The average molecular weight is 384 g/mol. The van der Waals surface area contributed by atoms with Crippen LogP contribution in [0.2, 0.25) is 0 Å². The van der Waals surface area contributed by atoms with Gasteiger partial charge in [-0.1, -0.05) is 18.2 Å². The van der Waals surface area contributed by atoms with E-state index in [0.29, 0.717) is 36.4 Å². The number of hydrogen-bond donors (Lipinski definition) is 1. The first-order chi connectivity index (χ1) is 13.4. The number of hydrogen-bond acceptors (Lipinski definition) is 3. The van der Waals surface area contributed by atoms with Gasteiger partial charge < -0.3 is 15.0 Å². The topological polar surface area (TPSA) is 58.6 Å². The van der Waals surface area contributed by atoms with E-state index in [1.807, 2.05) is 18.7 Å². The third-order valence-corrected chi connectivity index (χ3v) is 4.88. The second-order valence-corrected chi connectivity index (χ2v) is 7.32. The van der Waals surface area contributed by atoms with Crippen molar-refractivity contribution in [2.24, 2.45) is 5.92 Å². The van der Waals surface area contributed by atoms with Crippen molar-refractivity contribution in [3.05, 3.63) is 65.5 Å². The number of nitrogens with zero attached hydrogens (tertiary/aromatic N) is 1. The third kappa shape index (κ3) is 4.88. The third-order valence-electron chi connectivity index (χ3n) is 4.88. The maximum absolute atomic E-state index is 13.6. The Labute approximate surface area is 164 Å². The van der Waals surface area contributed by atoms with E-state index in [0.717, 1.165) is 0 Å². The molecule has 0 aliphatic carbocycles. The summed E-state index contributed by atoms with van der Waals surface area (Å²) >= 11 is 0. The van der Waals surface area contributed by atoms with Gasteiger partial charge in [-0.3, -0.25) is 9.59 Å². The highest BCUT2D eigenvalue weighted by atomic mass is 19.1. The van der Waals surface area contributed by atoms with Gasteiger partial charge in [0.2, 0.25) is 5.91 Å². The normalized spacial score (nSPS) is 16.5. The molecule has 1 fully saturated rings. The quantitative estimate of drug-likeness (QED) is 0.796. The number of carbonyl (C=O) groups excluding carboxylic acids is 2. The summed E-state index contributed by atoms with van der Waals surface area (Å²) < 4.78 is 19.2. The van der Waals surface area contributed by atoms with Crippen molar-refractivity contribution < 1.29 is 18.7 Å². The van der Waals surface area contributed by atoms with Crippen LogP contribution in [0.15, 0.2) is 48.5 Å². The Morgan fingerprint density at radius 2 is 1.93 bits per heavy atom. The summed E-state index contributed by atoms with van der Waals surface area (Å²) in [4.78, 5) is 26.1. The number of carbonyl (C=O) groups is 2. The molecule has 1 heterocycles. The Kier molecular flexibility index (Phi) is 6.29. The lowest BCUT2D eigenvalue weighted by atomic mass is 10.1. The van der Waals surface area contributed by atoms with Crippen molar-refractivity contribution in [3.63, 3.8) is 0 Å². The zero-order valence-corrected chi connectivity index (χ0v) is 16.2. The van der Waals surface area contributed by atoms with Gasteiger partial charge in [-0.2, -0.15) is 0 Å². The Bertz CT molecular complexity index is 836. The SMILES string of the molecule is CC(C)N1C[C@H](CNC(=O)c2ccc(OCc3ccccc3F)cc2)CC1=O. The minimum atomic E-state index is -0.306. The molecule has 0 unspecified atom stereocenters. The molecule has 0 bridgehead atoms. The average Bonchev–Trinajstić information content (AvgIpc) is 3.07. The summed E-state index contributed by atoms with van der Waals surface area (Å²) in [6.07, 6.45) is 0.473. The zero-order chi connectivity index (χ0) is 20.1. The van der Waals surface area contributed by atoms with Crippen LogP contribution in [0.4, 0.5) is 4.39 Å². The number of halogens is 1. The van der Waals surface area contributed by atoms with E-state index in [1.165, 1.54) is 6.07 Å². The van der Waals surface area contributed by atoms with Crippen LogP contribution in [-0.4, -0.2) is 35.8 Å². The maximum atomic E-state index is 13.6. The van der Waals surface area contributed by atoms with Crippen molar-refractivity contribution in [3.8, 4) is 5.75 Å². The molecule has 0 aromatic heterocycles. The van der Waals surface area contributed by atoms with Crippen LogP contribution in [-0.2, 0) is 11.4 Å². The van der Waals surface area contributed by atoms with Crippen LogP contribution in [0.25, 0.3) is 0 Å². The molecule has 6 heteroatoms. The summed E-state index contributed by atoms with van der Waals surface area (Å²) in [5, 5.41) is 2.90. The monoisotopic (exact) mass is 384 g/mol. The van der Waals surface area contributed by atoms with Crippen LogP contribution in [0.3, 0.4) is 0 Å². The number of benzene rings is 2. The van der Waals surface area contributed by atoms with E-state index in [1.54, 1.807) is 42.5 Å². The first-order valence-corrected chi connectivity index (χ1v) is 9.48. The van der Waals surface area contributed by atoms with E-state index in [2.05, 4.69) is 5.32 Å². The molecule has 1 aliphatic heterocycles. The molecule has 1 N–H and O–H groups in total. The van der Waals surface area contributed by atoms with Gasteiger partial charge in [0, 0.05) is 42.6 Å². The molecule has 3 rings (SSSR count). The van der Waals surface area contributed by atoms with Crippen molar-refractivity contribution in [2.75, 3.05) is 13.1 Å². The minimum Gasteiger partial charge on any atom is -0.489 e. The lowest BCUT2D eigenvalue weighted by Crippen LogP contribution is -2.34. The van der Waals surface area contributed by atoms with E-state index < -0.39 is 0 Å². The molecular formula is C22H25FN2O3. The number of amides is 2. The zero-order valence-electron chi connectivity index (χ0n) is 16.2. The smallest absolute Gasteiger partial charge is 0.251 e. The predicted molar refractivity (Wildman–Crippen MR) is 104 cm³/mol. The molecule has 0 radical (unpaired) electrons. The minimum absolute atomic E-state index is 0.125. The summed E-state index contributed by atoms with van der Waals surface area (Å²) in [6, 6.07) is 13.4. The van der Waals surface area contributed by atoms with E-state index in [4.69, 9.17) is 4.74 Å². The van der Waals surface area contributed by atoms with Gasteiger partial charge in [0.1, 0.15) is 18.2 Å². The Morgan fingerprint density at radius 3 is 2.57 bits per heavy atom. The van der Waals surface area contributed by atoms with Gasteiger partial charge in [-0.15, -0.1) is 0 Å². The fourth-order valence-corrected chi connectivity index (χ4v) is 3.26. The van der Waals surface area contributed by atoms with Crippen LogP contribution >= 0.6 is 0 Å². The molecule has 2 amide bonds. The summed E-state index contributed by atoms with van der Waals surface area (Å²) in [5.41, 5.74) is 0.995. The van der Waals surface area contributed by atoms with Crippen LogP contribution in [0.1, 0.15) is 36.2 Å². The highest BCUT2D eigenvalue weighted by molar-refractivity contribution is 5.94. The highest BCUT2D eigenvalue weighted by Crippen LogP contribution is 2.20. The molecular weight excluding hydrogens is 359 g/mol.